The molecule has 2 nitrogen and oxygen atoms in total. The van der Waals surface area contributed by atoms with Gasteiger partial charge >= 0.3 is 0 Å². The van der Waals surface area contributed by atoms with Crippen molar-refractivity contribution in [2.45, 2.75) is 20.0 Å². The predicted octanol–water partition coefficient (Wildman–Crippen LogP) is 2.60. The lowest BCUT2D eigenvalue weighted by molar-refractivity contribution is -0.123. The summed E-state index contributed by atoms with van der Waals surface area (Å²) in [5.74, 6) is -0.399. The Morgan fingerprint density at radius 3 is 2.29 bits per heavy atom. The second-order valence-corrected chi connectivity index (χ2v) is 3.83. The fourth-order valence-electron chi connectivity index (χ4n) is 1.17. The molecule has 0 bridgehead atoms. The van der Waals surface area contributed by atoms with Crippen molar-refractivity contribution >= 4 is 17.4 Å². The predicted molar refractivity (Wildman–Crippen MR) is 56.3 cm³/mol. The largest absolute Gasteiger partial charge is 0.388 e. The maximum Gasteiger partial charge on any atom is 0.135 e. The van der Waals surface area contributed by atoms with Crippen molar-refractivity contribution in [3.05, 3.63) is 34.9 Å². The third kappa shape index (κ3) is 2.56. The molecule has 0 fully saturated rings. The van der Waals surface area contributed by atoms with Crippen molar-refractivity contribution < 1.29 is 9.90 Å². The minimum atomic E-state index is -0.746. The molecule has 0 amide bonds. The average Bonchev–Trinajstić information content (AvgIpc) is 2.16. The van der Waals surface area contributed by atoms with Crippen LogP contribution in [0.1, 0.15) is 25.5 Å². The Kier molecular flexibility index (Phi) is 3.67. The van der Waals surface area contributed by atoms with Gasteiger partial charge in [-0.15, -0.1) is 0 Å². The monoisotopic (exact) mass is 212 g/mol. The lowest BCUT2D eigenvalue weighted by atomic mass is 9.94. The number of carbonyl (C=O) groups is 1. The molecule has 1 rings (SSSR count). The summed E-state index contributed by atoms with van der Waals surface area (Å²) in [6, 6.07) is 6.86. The summed E-state index contributed by atoms with van der Waals surface area (Å²) in [5.41, 5.74) is 0.720. The van der Waals surface area contributed by atoms with Crippen LogP contribution in [0.25, 0.3) is 0 Å². The van der Waals surface area contributed by atoms with Gasteiger partial charge in [0.2, 0.25) is 0 Å². The van der Waals surface area contributed by atoms with Crippen LogP contribution in [0, 0.1) is 5.92 Å². The summed E-state index contributed by atoms with van der Waals surface area (Å²) >= 11 is 5.71. The highest BCUT2D eigenvalue weighted by atomic mass is 35.5. The van der Waals surface area contributed by atoms with E-state index in [0.717, 1.165) is 5.56 Å². The van der Waals surface area contributed by atoms with Crippen LogP contribution in [0.3, 0.4) is 0 Å². The molecule has 76 valence electrons. The zero-order valence-corrected chi connectivity index (χ0v) is 8.95. The first-order valence-electron chi connectivity index (χ1n) is 4.46. The maximum absolute atomic E-state index is 11.0. The van der Waals surface area contributed by atoms with Crippen molar-refractivity contribution in [3.63, 3.8) is 0 Å². The van der Waals surface area contributed by atoms with Crippen LogP contribution in [0.15, 0.2) is 24.3 Å². The molecular formula is C11H13ClO2. The molecular weight excluding hydrogens is 200 g/mol. The van der Waals surface area contributed by atoms with Gasteiger partial charge in [-0.2, -0.15) is 0 Å². The van der Waals surface area contributed by atoms with E-state index in [1.54, 1.807) is 31.2 Å². The number of benzene rings is 1. The van der Waals surface area contributed by atoms with E-state index in [1.165, 1.54) is 6.92 Å². The minimum Gasteiger partial charge on any atom is -0.388 e. The summed E-state index contributed by atoms with van der Waals surface area (Å²) in [7, 11) is 0. The molecule has 0 unspecified atom stereocenters. The van der Waals surface area contributed by atoms with Gasteiger partial charge in [-0.25, -0.2) is 0 Å². The van der Waals surface area contributed by atoms with Crippen molar-refractivity contribution in [3.8, 4) is 0 Å². The van der Waals surface area contributed by atoms with E-state index in [9.17, 15) is 9.90 Å². The molecule has 0 aliphatic heterocycles. The molecule has 0 aromatic heterocycles. The molecule has 0 aliphatic carbocycles. The number of aliphatic hydroxyl groups excluding tert-OH is 1. The quantitative estimate of drug-likeness (QED) is 0.836. The van der Waals surface area contributed by atoms with Crippen molar-refractivity contribution in [2.75, 3.05) is 0 Å². The van der Waals surface area contributed by atoms with E-state index < -0.39 is 6.10 Å². The van der Waals surface area contributed by atoms with Crippen LogP contribution >= 0.6 is 11.6 Å². The van der Waals surface area contributed by atoms with Crippen LogP contribution in [0.4, 0.5) is 0 Å². The molecule has 0 saturated carbocycles. The summed E-state index contributed by atoms with van der Waals surface area (Å²) in [6.45, 7) is 3.19. The maximum atomic E-state index is 11.0. The molecule has 0 saturated heterocycles. The number of ketones is 1. The van der Waals surface area contributed by atoms with E-state index in [-0.39, 0.29) is 11.7 Å². The second kappa shape index (κ2) is 4.58. The Morgan fingerprint density at radius 1 is 1.36 bits per heavy atom. The zero-order chi connectivity index (χ0) is 10.7. The van der Waals surface area contributed by atoms with Gasteiger partial charge in [0, 0.05) is 10.9 Å². The summed E-state index contributed by atoms with van der Waals surface area (Å²) in [5, 5.41) is 10.4. The molecule has 1 aromatic carbocycles. The minimum absolute atomic E-state index is 0.0209. The molecule has 14 heavy (non-hydrogen) atoms. The van der Waals surface area contributed by atoms with Crippen molar-refractivity contribution in [1.29, 1.82) is 0 Å². The number of carbonyl (C=O) groups excluding carboxylic acids is 1. The van der Waals surface area contributed by atoms with Gasteiger partial charge in [0.1, 0.15) is 5.78 Å². The standard InChI is InChI=1S/C11H13ClO2/c1-7(8(2)13)11(14)9-3-5-10(12)6-4-9/h3-7,11,14H,1-2H3/t7-,11-/m1/s1. The summed E-state index contributed by atoms with van der Waals surface area (Å²) in [6.07, 6.45) is -0.746. The third-order valence-corrected chi connectivity index (χ3v) is 2.58. The lowest BCUT2D eigenvalue weighted by Crippen LogP contribution is -2.16. The fourth-order valence-corrected chi connectivity index (χ4v) is 1.30. The van der Waals surface area contributed by atoms with Crippen LogP contribution in [-0.4, -0.2) is 10.9 Å². The first kappa shape index (κ1) is 11.2. The SMILES string of the molecule is CC(=O)[C@@H](C)[C@@H](O)c1ccc(Cl)cc1. The highest BCUT2D eigenvalue weighted by Gasteiger charge is 2.19. The smallest absolute Gasteiger partial charge is 0.135 e. The van der Waals surface area contributed by atoms with Gasteiger partial charge in [0.15, 0.2) is 0 Å². The first-order chi connectivity index (χ1) is 6.52. The van der Waals surface area contributed by atoms with E-state index in [0.29, 0.717) is 5.02 Å². The Morgan fingerprint density at radius 2 is 1.86 bits per heavy atom. The molecule has 2 atom stereocenters. The van der Waals surface area contributed by atoms with Gasteiger partial charge in [0.05, 0.1) is 6.10 Å². The number of Topliss-reactive ketones (excluding diaryl/α,β-unsaturated/α-hetero) is 1. The van der Waals surface area contributed by atoms with Gasteiger partial charge in [-0.1, -0.05) is 30.7 Å². The highest BCUT2D eigenvalue weighted by Crippen LogP contribution is 2.23. The molecule has 1 aromatic rings. The number of rotatable bonds is 3. The van der Waals surface area contributed by atoms with Gasteiger partial charge < -0.3 is 5.11 Å². The van der Waals surface area contributed by atoms with Gasteiger partial charge in [0.25, 0.3) is 0 Å². The number of hydrogen-bond acceptors (Lipinski definition) is 2. The second-order valence-electron chi connectivity index (χ2n) is 3.40. The molecule has 0 radical (unpaired) electrons. The molecule has 0 spiro atoms. The Hall–Kier alpha value is -0.860. The van der Waals surface area contributed by atoms with E-state index >= 15 is 0 Å². The van der Waals surface area contributed by atoms with E-state index in [4.69, 9.17) is 11.6 Å². The Labute approximate surface area is 88.5 Å². The molecule has 1 N–H and O–H groups in total. The van der Waals surface area contributed by atoms with Crippen LogP contribution < -0.4 is 0 Å². The Balaban J connectivity index is 2.84. The fraction of sp³-hybridized carbons (Fsp3) is 0.364. The third-order valence-electron chi connectivity index (χ3n) is 2.33. The van der Waals surface area contributed by atoms with E-state index in [1.807, 2.05) is 0 Å². The van der Waals surface area contributed by atoms with Crippen molar-refractivity contribution in [1.82, 2.24) is 0 Å². The normalized spacial score (nSPS) is 14.9. The highest BCUT2D eigenvalue weighted by molar-refractivity contribution is 6.30. The number of halogens is 1. The summed E-state index contributed by atoms with van der Waals surface area (Å²) in [4.78, 5) is 11.0. The van der Waals surface area contributed by atoms with Crippen LogP contribution in [-0.2, 0) is 4.79 Å². The molecule has 0 heterocycles. The van der Waals surface area contributed by atoms with Gasteiger partial charge in [-0.3, -0.25) is 4.79 Å². The number of aliphatic hydroxyl groups is 1. The Bertz CT molecular complexity index is 319. The average molecular weight is 213 g/mol. The number of hydrogen-bond donors (Lipinski definition) is 1. The molecule has 3 heteroatoms. The van der Waals surface area contributed by atoms with Crippen LogP contribution in [0.2, 0.25) is 5.02 Å². The lowest BCUT2D eigenvalue weighted by Gasteiger charge is -2.16. The van der Waals surface area contributed by atoms with E-state index in [2.05, 4.69) is 0 Å². The first-order valence-corrected chi connectivity index (χ1v) is 4.84. The topological polar surface area (TPSA) is 37.3 Å². The van der Waals surface area contributed by atoms with Crippen LogP contribution in [0.5, 0.6) is 0 Å². The molecule has 0 aliphatic rings. The van der Waals surface area contributed by atoms with Crippen molar-refractivity contribution in [2.24, 2.45) is 5.92 Å². The van der Waals surface area contributed by atoms with Gasteiger partial charge in [-0.05, 0) is 24.6 Å². The zero-order valence-electron chi connectivity index (χ0n) is 8.20. The summed E-state index contributed by atoms with van der Waals surface area (Å²) < 4.78 is 0.